The third kappa shape index (κ3) is 3.20. The number of anilines is 1. The molecule has 2 N–H and O–H groups in total. The Kier molecular flexibility index (Phi) is 3.64. The number of rotatable bonds is 3. The van der Waals surface area contributed by atoms with Gasteiger partial charge in [0.15, 0.2) is 0 Å². The molecule has 0 aliphatic heterocycles. The molecule has 0 saturated carbocycles. The average molecular weight is 293 g/mol. The molecule has 0 unspecified atom stereocenters. The molecular formula is C13H13BrN2O. The summed E-state index contributed by atoms with van der Waals surface area (Å²) >= 11 is 3.43. The zero-order valence-corrected chi connectivity index (χ0v) is 11.0. The number of halogens is 1. The molecule has 1 heterocycles. The molecule has 0 bridgehead atoms. The number of nitrogens with one attached hydrogen (secondary N) is 2. The van der Waals surface area contributed by atoms with E-state index in [0.29, 0.717) is 6.42 Å². The van der Waals surface area contributed by atoms with Crippen molar-refractivity contribution in [2.45, 2.75) is 13.3 Å². The van der Waals surface area contributed by atoms with Crippen LogP contribution in [0.4, 0.5) is 5.69 Å². The van der Waals surface area contributed by atoms with Gasteiger partial charge in [-0.1, -0.05) is 6.07 Å². The fraction of sp³-hybridized carbons (Fsp3) is 0.154. The third-order valence-electron chi connectivity index (χ3n) is 2.43. The lowest BCUT2D eigenvalue weighted by Gasteiger charge is -2.07. The van der Waals surface area contributed by atoms with Gasteiger partial charge in [-0.25, -0.2) is 0 Å². The molecule has 0 aliphatic carbocycles. The molecule has 1 amide bonds. The van der Waals surface area contributed by atoms with Crippen molar-refractivity contribution in [3.63, 3.8) is 0 Å². The molecule has 0 atom stereocenters. The lowest BCUT2D eigenvalue weighted by Crippen LogP contribution is -2.14. The minimum Gasteiger partial charge on any atom is -0.367 e. The Bertz CT molecular complexity index is 520. The van der Waals surface area contributed by atoms with E-state index in [1.165, 1.54) is 0 Å². The van der Waals surface area contributed by atoms with E-state index in [1.807, 2.05) is 43.6 Å². The van der Waals surface area contributed by atoms with E-state index < -0.39 is 0 Å². The van der Waals surface area contributed by atoms with E-state index in [-0.39, 0.29) is 5.91 Å². The first-order valence-electron chi connectivity index (χ1n) is 5.33. The van der Waals surface area contributed by atoms with E-state index in [9.17, 15) is 4.79 Å². The van der Waals surface area contributed by atoms with Crippen LogP contribution in [0.15, 0.2) is 41.1 Å². The highest BCUT2D eigenvalue weighted by Crippen LogP contribution is 2.23. The molecule has 4 heteroatoms. The van der Waals surface area contributed by atoms with Gasteiger partial charge in [0.2, 0.25) is 5.91 Å². The molecule has 0 spiro atoms. The van der Waals surface area contributed by atoms with Crippen LogP contribution in [0.2, 0.25) is 0 Å². The van der Waals surface area contributed by atoms with Crippen LogP contribution >= 0.6 is 15.9 Å². The fourth-order valence-electron chi connectivity index (χ4n) is 1.57. The molecule has 0 aliphatic rings. The van der Waals surface area contributed by atoms with E-state index in [4.69, 9.17) is 0 Å². The quantitative estimate of drug-likeness (QED) is 0.896. The monoisotopic (exact) mass is 292 g/mol. The summed E-state index contributed by atoms with van der Waals surface area (Å²) in [6, 6.07) is 7.74. The highest BCUT2D eigenvalue weighted by molar-refractivity contribution is 9.10. The number of carbonyl (C=O) groups is 1. The number of carbonyl (C=O) groups excluding carboxylic acids is 1. The van der Waals surface area contributed by atoms with Gasteiger partial charge in [-0.15, -0.1) is 0 Å². The van der Waals surface area contributed by atoms with Crippen LogP contribution in [0, 0.1) is 6.92 Å². The van der Waals surface area contributed by atoms with Crippen molar-refractivity contribution in [1.29, 1.82) is 0 Å². The highest BCUT2D eigenvalue weighted by atomic mass is 79.9. The standard InChI is InChI=1S/C13H13BrN2O/c1-9-2-3-12(11(14)6-9)16-13(17)7-10-4-5-15-8-10/h2-6,8,15H,7H2,1H3,(H,16,17). The Morgan fingerprint density at radius 2 is 2.24 bits per heavy atom. The number of aromatic nitrogens is 1. The Morgan fingerprint density at radius 1 is 1.41 bits per heavy atom. The van der Waals surface area contributed by atoms with Gasteiger partial charge >= 0.3 is 0 Å². The average Bonchev–Trinajstić information content (AvgIpc) is 2.75. The normalized spacial score (nSPS) is 10.2. The van der Waals surface area contributed by atoms with Gasteiger partial charge in [-0.3, -0.25) is 4.79 Å². The number of benzene rings is 1. The SMILES string of the molecule is Cc1ccc(NC(=O)Cc2cc[nH]c2)c(Br)c1. The van der Waals surface area contributed by atoms with Crippen LogP contribution in [0.5, 0.6) is 0 Å². The highest BCUT2D eigenvalue weighted by Gasteiger charge is 2.06. The van der Waals surface area contributed by atoms with Gasteiger partial charge in [0, 0.05) is 16.9 Å². The van der Waals surface area contributed by atoms with Crippen LogP contribution in [0.25, 0.3) is 0 Å². The summed E-state index contributed by atoms with van der Waals surface area (Å²) in [6.45, 7) is 2.01. The molecule has 0 fully saturated rings. The maximum Gasteiger partial charge on any atom is 0.228 e. The van der Waals surface area contributed by atoms with Crippen molar-refractivity contribution >= 4 is 27.5 Å². The summed E-state index contributed by atoms with van der Waals surface area (Å²) in [7, 11) is 0. The Morgan fingerprint density at radius 3 is 2.88 bits per heavy atom. The Hall–Kier alpha value is -1.55. The topological polar surface area (TPSA) is 44.9 Å². The molecule has 88 valence electrons. The van der Waals surface area contributed by atoms with Gasteiger partial charge in [-0.05, 0) is 52.2 Å². The Balaban J connectivity index is 2.03. The predicted molar refractivity (Wildman–Crippen MR) is 72.0 cm³/mol. The minimum atomic E-state index is -0.0193. The van der Waals surface area contributed by atoms with Crippen molar-refractivity contribution in [3.05, 3.63) is 52.3 Å². The molecule has 17 heavy (non-hydrogen) atoms. The second-order valence-corrected chi connectivity index (χ2v) is 4.78. The van der Waals surface area contributed by atoms with Crippen LogP contribution in [-0.2, 0) is 11.2 Å². The van der Waals surface area contributed by atoms with Crippen LogP contribution in [0.1, 0.15) is 11.1 Å². The number of H-pyrrole nitrogens is 1. The first kappa shape index (κ1) is 11.9. The number of amides is 1. The molecule has 3 nitrogen and oxygen atoms in total. The van der Waals surface area contributed by atoms with Crippen molar-refractivity contribution in [3.8, 4) is 0 Å². The predicted octanol–water partition coefficient (Wildman–Crippen LogP) is 3.27. The van der Waals surface area contributed by atoms with Gasteiger partial charge in [-0.2, -0.15) is 0 Å². The summed E-state index contributed by atoms with van der Waals surface area (Å²) < 4.78 is 0.903. The number of aryl methyl sites for hydroxylation is 1. The zero-order chi connectivity index (χ0) is 12.3. The second-order valence-electron chi connectivity index (χ2n) is 3.93. The second kappa shape index (κ2) is 5.19. The molecule has 0 saturated heterocycles. The van der Waals surface area contributed by atoms with Crippen LogP contribution in [-0.4, -0.2) is 10.9 Å². The van der Waals surface area contributed by atoms with Crippen LogP contribution < -0.4 is 5.32 Å². The molecule has 2 aromatic rings. The summed E-state index contributed by atoms with van der Waals surface area (Å²) in [5.74, 6) is -0.0193. The fourth-order valence-corrected chi connectivity index (χ4v) is 2.16. The maximum absolute atomic E-state index is 11.8. The van der Waals surface area contributed by atoms with E-state index in [2.05, 4.69) is 26.2 Å². The lowest BCUT2D eigenvalue weighted by molar-refractivity contribution is -0.115. The Labute approximate surface area is 108 Å². The molecule has 0 radical (unpaired) electrons. The number of hydrogen-bond acceptors (Lipinski definition) is 1. The summed E-state index contributed by atoms with van der Waals surface area (Å²) in [4.78, 5) is 14.7. The smallest absolute Gasteiger partial charge is 0.228 e. The number of hydrogen-bond donors (Lipinski definition) is 2. The third-order valence-corrected chi connectivity index (χ3v) is 3.08. The lowest BCUT2D eigenvalue weighted by atomic mass is 10.2. The van der Waals surface area contributed by atoms with Crippen molar-refractivity contribution in [2.75, 3.05) is 5.32 Å². The summed E-state index contributed by atoms with van der Waals surface area (Å²) in [5.41, 5.74) is 2.93. The van der Waals surface area contributed by atoms with E-state index in [0.717, 1.165) is 21.3 Å². The largest absolute Gasteiger partial charge is 0.367 e. The summed E-state index contributed by atoms with van der Waals surface area (Å²) in [6.07, 6.45) is 4.01. The van der Waals surface area contributed by atoms with E-state index in [1.54, 1.807) is 0 Å². The number of aromatic amines is 1. The van der Waals surface area contributed by atoms with Crippen molar-refractivity contribution < 1.29 is 4.79 Å². The van der Waals surface area contributed by atoms with Gasteiger partial charge in [0.25, 0.3) is 0 Å². The van der Waals surface area contributed by atoms with E-state index >= 15 is 0 Å². The van der Waals surface area contributed by atoms with Crippen LogP contribution in [0.3, 0.4) is 0 Å². The minimum absolute atomic E-state index is 0.0193. The van der Waals surface area contributed by atoms with Gasteiger partial charge in [0.1, 0.15) is 0 Å². The van der Waals surface area contributed by atoms with Gasteiger partial charge < -0.3 is 10.3 Å². The first-order chi connectivity index (χ1) is 8.15. The molecule has 1 aromatic heterocycles. The maximum atomic E-state index is 11.8. The van der Waals surface area contributed by atoms with Crippen molar-refractivity contribution in [2.24, 2.45) is 0 Å². The molecule has 2 rings (SSSR count). The molecule has 1 aromatic carbocycles. The van der Waals surface area contributed by atoms with Gasteiger partial charge in [0.05, 0.1) is 12.1 Å². The first-order valence-corrected chi connectivity index (χ1v) is 6.12. The summed E-state index contributed by atoms with van der Waals surface area (Å²) in [5, 5.41) is 2.88. The zero-order valence-electron chi connectivity index (χ0n) is 9.46. The molecular weight excluding hydrogens is 280 g/mol. The van der Waals surface area contributed by atoms with Crippen molar-refractivity contribution in [1.82, 2.24) is 4.98 Å².